The van der Waals surface area contributed by atoms with Crippen LogP contribution < -0.4 is 5.32 Å². The summed E-state index contributed by atoms with van der Waals surface area (Å²) in [5, 5.41) is 2.70. The van der Waals surface area contributed by atoms with Crippen molar-refractivity contribution in [1.82, 2.24) is 4.90 Å². The van der Waals surface area contributed by atoms with E-state index in [2.05, 4.69) is 17.4 Å². The minimum atomic E-state index is -0.378. The number of halogens is 1. The van der Waals surface area contributed by atoms with Gasteiger partial charge in [0.2, 0.25) is 5.91 Å². The van der Waals surface area contributed by atoms with Crippen molar-refractivity contribution in [2.75, 3.05) is 24.2 Å². The second-order valence-electron chi connectivity index (χ2n) is 7.43. The molecule has 1 heterocycles. The fraction of sp³-hybridized carbons (Fsp3) is 0.200. The number of thioether (sulfide) groups is 1. The van der Waals surface area contributed by atoms with Gasteiger partial charge in [0.25, 0.3) is 5.91 Å². The van der Waals surface area contributed by atoms with Crippen molar-refractivity contribution in [3.63, 3.8) is 0 Å². The molecule has 1 fully saturated rings. The molecule has 0 aliphatic carbocycles. The minimum absolute atomic E-state index is 0.109. The van der Waals surface area contributed by atoms with E-state index < -0.39 is 0 Å². The summed E-state index contributed by atoms with van der Waals surface area (Å²) >= 11 is 1.55. The van der Waals surface area contributed by atoms with Crippen LogP contribution >= 0.6 is 11.8 Å². The molecule has 0 spiro atoms. The maximum absolute atomic E-state index is 13.2. The zero-order chi connectivity index (χ0) is 21.6. The van der Waals surface area contributed by atoms with Crippen molar-refractivity contribution in [3.05, 3.63) is 101 Å². The van der Waals surface area contributed by atoms with Gasteiger partial charge in [-0.15, -0.1) is 11.8 Å². The summed E-state index contributed by atoms with van der Waals surface area (Å²) in [7, 11) is 0. The van der Waals surface area contributed by atoms with Crippen LogP contribution in [-0.2, 0) is 11.2 Å². The third kappa shape index (κ3) is 5.33. The number of para-hydroxylation sites is 1. The Morgan fingerprint density at radius 2 is 1.68 bits per heavy atom. The molecule has 1 saturated heterocycles. The Balaban J connectivity index is 1.43. The van der Waals surface area contributed by atoms with Gasteiger partial charge in [0.05, 0.1) is 0 Å². The Morgan fingerprint density at radius 3 is 2.45 bits per heavy atom. The first-order valence-electron chi connectivity index (χ1n) is 10.2. The lowest BCUT2D eigenvalue weighted by atomic mass is 10.0. The van der Waals surface area contributed by atoms with Crippen LogP contribution in [0.1, 0.15) is 21.5 Å². The van der Waals surface area contributed by atoms with Gasteiger partial charge < -0.3 is 10.2 Å². The summed E-state index contributed by atoms with van der Waals surface area (Å²) in [4.78, 5) is 27.4. The number of amides is 2. The standard InChI is InChI=1S/C25H23FN2O2S/c26-21-12-10-19(11-13-21)25(30)28-14-15-31-23(17-28)24(29)27-22-9-5-4-8-20(22)16-18-6-2-1-3-7-18/h1-13,23H,14-17H2,(H,27,29)/t23-/m1/s1. The molecule has 1 aliphatic heterocycles. The molecule has 3 aromatic rings. The summed E-state index contributed by atoms with van der Waals surface area (Å²) in [6.07, 6.45) is 0.726. The highest BCUT2D eigenvalue weighted by Crippen LogP contribution is 2.24. The molecule has 4 nitrogen and oxygen atoms in total. The van der Waals surface area contributed by atoms with E-state index in [0.29, 0.717) is 24.4 Å². The van der Waals surface area contributed by atoms with Crippen LogP contribution in [0.25, 0.3) is 0 Å². The van der Waals surface area contributed by atoms with E-state index in [-0.39, 0.29) is 22.9 Å². The summed E-state index contributed by atoms with van der Waals surface area (Å²) < 4.78 is 13.2. The third-order valence-electron chi connectivity index (χ3n) is 5.25. The highest BCUT2D eigenvalue weighted by atomic mass is 32.2. The minimum Gasteiger partial charge on any atom is -0.336 e. The van der Waals surface area contributed by atoms with Gasteiger partial charge in [0.15, 0.2) is 0 Å². The maximum atomic E-state index is 13.2. The van der Waals surface area contributed by atoms with Crippen LogP contribution in [0.4, 0.5) is 10.1 Å². The third-order valence-corrected chi connectivity index (χ3v) is 6.43. The lowest BCUT2D eigenvalue weighted by molar-refractivity contribution is -0.116. The van der Waals surface area contributed by atoms with Crippen LogP contribution in [-0.4, -0.2) is 40.8 Å². The molecule has 0 aromatic heterocycles. The molecule has 0 bridgehead atoms. The van der Waals surface area contributed by atoms with E-state index in [0.717, 1.165) is 17.7 Å². The number of nitrogens with zero attached hydrogens (tertiary/aromatic N) is 1. The summed E-state index contributed by atoms with van der Waals surface area (Å²) in [5.41, 5.74) is 3.44. The molecule has 1 atom stereocenters. The summed E-state index contributed by atoms with van der Waals surface area (Å²) in [6.45, 7) is 0.892. The van der Waals surface area contributed by atoms with Gasteiger partial charge in [-0.3, -0.25) is 9.59 Å². The Morgan fingerprint density at radius 1 is 0.968 bits per heavy atom. The molecule has 3 aromatic carbocycles. The number of carbonyl (C=O) groups excluding carboxylic acids is 2. The molecular weight excluding hydrogens is 411 g/mol. The highest BCUT2D eigenvalue weighted by Gasteiger charge is 2.29. The molecule has 158 valence electrons. The monoisotopic (exact) mass is 434 g/mol. The van der Waals surface area contributed by atoms with Gasteiger partial charge in [-0.05, 0) is 47.9 Å². The molecule has 0 unspecified atom stereocenters. The van der Waals surface area contributed by atoms with Crippen LogP contribution in [0.5, 0.6) is 0 Å². The molecular formula is C25H23FN2O2S. The van der Waals surface area contributed by atoms with Crippen LogP contribution in [0, 0.1) is 5.82 Å². The first kappa shape index (κ1) is 21.1. The zero-order valence-electron chi connectivity index (χ0n) is 17.0. The van der Waals surface area contributed by atoms with Crippen molar-refractivity contribution in [3.8, 4) is 0 Å². The second kappa shape index (κ2) is 9.79. The van der Waals surface area contributed by atoms with E-state index in [4.69, 9.17) is 0 Å². The molecule has 0 saturated carbocycles. The van der Waals surface area contributed by atoms with E-state index in [1.807, 2.05) is 42.5 Å². The second-order valence-corrected chi connectivity index (χ2v) is 8.74. The molecule has 4 rings (SSSR count). The molecule has 0 radical (unpaired) electrons. The lowest BCUT2D eigenvalue weighted by Crippen LogP contribution is -2.46. The Bertz CT molecular complexity index is 1060. The molecule has 1 aliphatic rings. The topological polar surface area (TPSA) is 49.4 Å². The fourth-order valence-electron chi connectivity index (χ4n) is 3.59. The van der Waals surface area contributed by atoms with Crippen molar-refractivity contribution in [2.24, 2.45) is 0 Å². The smallest absolute Gasteiger partial charge is 0.253 e. The largest absolute Gasteiger partial charge is 0.336 e. The maximum Gasteiger partial charge on any atom is 0.253 e. The van der Waals surface area contributed by atoms with Crippen molar-refractivity contribution >= 4 is 29.3 Å². The summed E-state index contributed by atoms with van der Waals surface area (Å²) in [6, 6.07) is 23.4. The predicted octanol–water partition coefficient (Wildman–Crippen LogP) is 4.61. The molecule has 6 heteroatoms. The molecule has 1 N–H and O–H groups in total. The van der Waals surface area contributed by atoms with E-state index in [1.54, 1.807) is 16.7 Å². The normalized spacial score (nSPS) is 16.0. The average Bonchev–Trinajstić information content (AvgIpc) is 2.81. The Labute approximate surface area is 185 Å². The zero-order valence-corrected chi connectivity index (χ0v) is 17.8. The van der Waals surface area contributed by atoms with Gasteiger partial charge in [-0.2, -0.15) is 0 Å². The Hall–Kier alpha value is -3.12. The van der Waals surface area contributed by atoms with E-state index >= 15 is 0 Å². The van der Waals surface area contributed by atoms with Gasteiger partial charge in [-0.1, -0.05) is 48.5 Å². The quantitative estimate of drug-likeness (QED) is 0.638. The molecule has 31 heavy (non-hydrogen) atoms. The summed E-state index contributed by atoms with van der Waals surface area (Å²) in [5.74, 6) is 0.0123. The predicted molar refractivity (Wildman–Crippen MR) is 123 cm³/mol. The Kier molecular flexibility index (Phi) is 6.67. The number of hydrogen-bond donors (Lipinski definition) is 1. The SMILES string of the molecule is O=C(Nc1ccccc1Cc1ccccc1)[C@H]1CN(C(=O)c2ccc(F)cc2)CCS1. The molecule has 2 amide bonds. The first-order valence-corrected chi connectivity index (χ1v) is 11.2. The van der Waals surface area contributed by atoms with E-state index in [9.17, 15) is 14.0 Å². The van der Waals surface area contributed by atoms with E-state index in [1.165, 1.54) is 29.8 Å². The first-order chi connectivity index (χ1) is 15.1. The van der Waals surface area contributed by atoms with Crippen LogP contribution in [0.3, 0.4) is 0 Å². The van der Waals surface area contributed by atoms with Crippen molar-refractivity contribution in [2.45, 2.75) is 11.7 Å². The van der Waals surface area contributed by atoms with Gasteiger partial charge in [0.1, 0.15) is 11.1 Å². The van der Waals surface area contributed by atoms with Crippen LogP contribution in [0.15, 0.2) is 78.9 Å². The average molecular weight is 435 g/mol. The van der Waals surface area contributed by atoms with Gasteiger partial charge in [-0.25, -0.2) is 4.39 Å². The number of anilines is 1. The van der Waals surface area contributed by atoms with Gasteiger partial charge >= 0.3 is 0 Å². The number of hydrogen-bond acceptors (Lipinski definition) is 3. The number of nitrogens with one attached hydrogen (secondary N) is 1. The van der Waals surface area contributed by atoms with Gasteiger partial charge in [0, 0.05) is 30.1 Å². The number of benzene rings is 3. The van der Waals surface area contributed by atoms with Crippen LogP contribution in [0.2, 0.25) is 0 Å². The highest BCUT2D eigenvalue weighted by molar-refractivity contribution is 8.00. The van der Waals surface area contributed by atoms with Crippen molar-refractivity contribution in [1.29, 1.82) is 0 Å². The number of rotatable bonds is 5. The fourth-order valence-corrected chi connectivity index (χ4v) is 4.70. The van der Waals surface area contributed by atoms with Crippen molar-refractivity contribution < 1.29 is 14.0 Å². The number of carbonyl (C=O) groups is 2. The lowest BCUT2D eigenvalue weighted by Gasteiger charge is -2.32.